The fourth-order valence-corrected chi connectivity index (χ4v) is 3.70. The zero-order chi connectivity index (χ0) is 15.8. The first-order valence-electron chi connectivity index (χ1n) is 6.84. The summed E-state index contributed by atoms with van der Waals surface area (Å²) >= 11 is 4.63. The fourth-order valence-electron chi connectivity index (χ4n) is 2.45. The smallest absolute Gasteiger partial charge is 0.311 e. The van der Waals surface area contributed by atoms with Gasteiger partial charge >= 0.3 is 5.97 Å². The molecule has 4 rings (SSSR count). The van der Waals surface area contributed by atoms with Crippen molar-refractivity contribution in [2.75, 3.05) is 0 Å². The molecule has 0 spiro atoms. The van der Waals surface area contributed by atoms with Crippen molar-refractivity contribution in [2.45, 2.75) is 0 Å². The molecule has 1 aromatic heterocycles. The maximum Gasteiger partial charge on any atom is 0.375 e. The topological polar surface area (TPSA) is 51.0 Å². The lowest BCUT2D eigenvalue weighted by Crippen LogP contribution is -2.24. The summed E-state index contributed by atoms with van der Waals surface area (Å²) in [6.07, 6.45) is 5.59. The molecule has 0 atom stereocenters. The normalized spacial score (nSPS) is 16.7. The molecule has 0 bridgehead atoms. The summed E-state index contributed by atoms with van der Waals surface area (Å²) < 4.78 is 0.873. The standard InChI is InChI=1S/C17H9BrN2O2S/c18-15-9-8-14(23-15)17(21)22-20-13-7-3-6-12-16(13)10-4-1-2-5-11(10)19-12/h1-9H. The summed E-state index contributed by atoms with van der Waals surface area (Å²) in [7, 11) is 0. The van der Waals surface area contributed by atoms with Crippen LogP contribution in [0.15, 0.2) is 74.3 Å². The molecule has 0 saturated heterocycles. The maximum atomic E-state index is 12.0. The number of carbonyl (C=O) groups is 1. The van der Waals surface area contributed by atoms with Crippen molar-refractivity contribution < 1.29 is 9.63 Å². The summed E-state index contributed by atoms with van der Waals surface area (Å²) in [5.74, 6) is -0.471. The van der Waals surface area contributed by atoms with E-state index in [1.54, 1.807) is 12.1 Å². The Hall–Kier alpha value is -2.31. The number of allylic oxidation sites excluding steroid dienone is 4. The number of rotatable bonds is 2. The number of hydrogen-bond donors (Lipinski definition) is 0. The Morgan fingerprint density at radius 3 is 2.91 bits per heavy atom. The Bertz CT molecular complexity index is 1030. The molecule has 0 saturated carbocycles. The van der Waals surface area contributed by atoms with Gasteiger partial charge in [0.25, 0.3) is 0 Å². The minimum Gasteiger partial charge on any atom is -0.311 e. The van der Waals surface area contributed by atoms with Crippen molar-refractivity contribution in [2.24, 2.45) is 10.1 Å². The Morgan fingerprint density at radius 1 is 1.22 bits per heavy atom. The molecule has 112 valence electrons. The third kappa shape index (κ3) is 2.60. The van der Waals surface area contributed by atoms with Gasteiger partial charge in [0, 0.05) is 10.8 Å². The van der Waals surface area contributed by atoms with Crippen LogP contribution in [0.3, 0.4) is 0 Å². The van der Waals surface area contributed by atoms with E-state index in [0.29, 0.717) is 10.6 Å². The number of thiophene rings is 1. The van der Waals surface area contributed by atoms with Crippen LogP contribution in [0.4, 0.5) is 0 Å². The molecule has 1 aromatic carbocycles. The second-order valence-corrected chi connectivity index (χ2v) is 7.34. The molecule has 0 amide bonds. The summed E-state index contributed by atoms with van der Waals surface area (Å²) in [4.78, 5) is 22.2. The minimum atomic E-state index is -0.471. The van der Waals surface area contributed by atoms with Gasteiger partial charge in [-0.15, -0.1) is 11.3 Å². The van der Waals surface area contributed by atoms with E-state index in [1.807, 2.05) is 42.5 Å². The van der Waals surface area contributed by atoms with E-state index in [0.717, 1.165) is 25.6 Å². The largest absolute Gasteiger partial charge is 0.375 e. The highest BCUT2D eigenvalue weighted by atomic mass is 79.9. The van der Waals surface area contributed by atoms with Crippen LogP contribution in [0, 0.1) is 0 Å². The third-order valence-corrected chi connectivity index (χ3v) is 5.04. The van der Waals surface area contributed by atoms with Crippen LogP contribution in [0.2, 0.25) is 0 Å². The van der Waals surface area contributed by atoms with Gasteiger partial charge in [-0.25, -0.2) is 9.79 Å². The highest BCUT2D eigenvalue weighted by molar-refractivity contribution is 9.11. The summed E-state index contributed by atoms with van der Waals surface area (Å²) in [5, 5.41) is 5.94. The van der Waals surface area contributed by atoms with Crippen LogP contribution >= 0.6 is 27.3 Å². The third-order valence-electron chi connectivity index (χ3n) is 3.44. The molecule has 0 fully saturated rings. The maximum absolute atomic E-state index is 12.0. The summed E-state index contributed by atoms with van der Waals surface area (Å²) in [5.41, 5.74) is 2.32. The predicted octanol–water partition coefficient (Wildman–Crippen LogP) is 2.96. The quantitative estimate of drug-likeness (QED) is 0.590. The Balaban J connectivity index is 1.70. The van der Waals surface area contributed by atoms with Crippen LogP contribution in [0.25, 0.3) is 5.57 Å². The van der Waals surface area contributed by atoms with E-state index in [2.05, 4.69) is 26.1 Å². The first kappa shape index (κ1) is 14.3. The van der Waals surface area contributed by atoms with Crippen molar-refractivity contribution in [3.05, 3.63) is 79.6 Å². The molecule has 4 nitrogen and oxygen atoms in total. The van der Waals surface area contributed by atoms with Gasteiger partial charge in [-0.05, 0) is 46.3 Å². The van der Waals surface area contributed by atoms with Crippen LogP contribution in [-0.2, 0) is 4.84 Å². The highest BCUT2D eigenvalue weighted by Crippen LogP contribution is 2.24. The van der Waals surface area contributed by atoms with E-state index in [4.69, 9.17) is 4.84 Å². The van der Waals surface area contributed by atoms with Gasteiger partial charge in [-0.3, -0.25) is 0 Å². The molecular formula is C17H9BrN2O2S. The number of carbonyl (C=O) groups excluding carboxylic acids is 1. The number of hydrogen-bond acceptors (Lipinski definition) is 5. The molecule has 1 aliphatic heterocycles. The van der Waals surface area contributed by atoms with Gasteiger partial charge in [0.15, 0.2) is 0 Å². The van der Waals surface area contributed by atoms with Gasteiger partial charge in [-0.2, -0.15) is 0 Å². The van der Waals surface area contributed by atoms with Crippen LogP contribution in [0.5, 0.6) is 0 Å². The van der Waals surface area contributed by atoms with Crippen molar-refractivity contribution >= 4 is 44.5 Å². The van der Waals surface area contributed by atoms with Crippen LogP contribution in [-0.4, -0.2) is 11.7 Å². The molecule has 0 radical (unpaired) electrons. The average molecular weight is 385 g/mol. The molecule has 2 aromatic rings. The lowest BCUT2D eigenvalue weighted by Gasteiger charge is -2.07. The fraction of sp³-hybridized carbons (Fsp3) is 0. The molecule has 1 aliphatic carbocycles. The Kier molecular flexibility index (Phi) is 3.55. The summed E-state index contributed by atoms with van der Waals surface area (Å²) in [6.45, 7) is 0. The Morgan fingerprint density at radius 2 is 2.09 bits per heavy atom. The number of nitrogens with zero attached hydrogens (tertiary/aromatic N) is 2. The number of halogens is 1. The van der Waals surface area contributed by atoms with Crippen molar-refractivity contribution in [1.82, 2.24) is 0 Å². The predicted molar refractivity (Wildman–Crippen MR) is 92.7 cm³/mol. The molecule has 2 heterocycles. The summed E-state index contributed by atoms with van der Waals surface area (Å²) in [6, 6.07) is 11.3. The minimum absolute atomic E-state index is 0.471. The van der Waals surface area contributed by atoms with Gasteiger partial charge in [0.1, 0.15) is 10.6 Å². The second kappa shape index (κ2) is 5.72. The lowest BCUT2D eigenvalue weighted by molar-refractivity contribution is 0.0523. The van der Waals surface area contributed by atoms with Crippen molar-refractivity contribution in [3.8, 4) is 0 Å². The van der Waals surface area contributed by atoms with Gasteiger partial charge < -0.3 is 4.84 Å². The van der Waals surface area contributed by atoms with Gasteiger partial charge in [-0.1, -0.05) is 29.4 Å². The first-order chi connectivity index (χ1) is 11.2. The first-order valence-corrected chi connectivity index (χ1v) is 8.45. The molecular weight excluding hydrogens is 376 g/mol. The number of fused-ring (bicyclic) bond motifs is 2. The van der Waals surface area contributed by atoms with E-state index in [1.165, 1.54) is 11.3 Å². The van der Waals surface area contributed by atoms with Crippen molar-refractivity contribution in [3.63, 3.8) is 0 Å². The highest BCUT2D eigenvalue weighted by Gasteiger charge is 2.20. The zero-order valence-corrected chi connectivity index (χ0v) is 14.1. The molecule has 0 unspecified atom stereocenters. The average Bonchev–Trinajstić information content (AvgIpc) is 3.16. The van der Waals surface area contributed by atoms with Crippen LogP contribution < -0.4 is 10.6 Å². The molecule has 23 heavy (non-hydrogen) atoms. The Labute approximate surface area is 143 Å². The van der Waals surface area contributed by atoms with Gasteiger partial charge in [0.05, 0.1) is 14.8 Å². The zero-order valence-electron chi connectivity index (χ0n) is 11.7. The molecule has 2 aliphatic rings. The molecule has 0 N–H and O–H groups in total. The number of oxime groups is 1. The lowest BCUT2D eigenvalue weighted by atomic mass is 10.0. The van der Waals surface area contributed by atoms with E-state index >= 15 is 0 Å². The van der Waals surface area contributed by atoms with E-state index in [9.17, 15) is 4.79 Å². The number of para-hydroxylation sites is 1. The van der Waals surface area contributed by atoms with E-state index in [-0.39, 0.29) is 0 Å². The second-order valence-electron chi connectivity index (χ2n) is 4.87. The van der Waals surface area contributed by atoms with E-state index < -0.39 is 5.97 Å². The molecule has 6 heteroatoms. The monoisotopic (exact) mass is 384 g/mol. The van der Waals surface area contributed by atoms with Crippen molar-refractivity contribution in [1.29, 1.82) is 0 Å². The SMILES string of the molecule is O=C(ON=C1C=CC=C2N=c3ccccc3=C21)c1ccc(Br)s1. The van der Waals surface area contributed by atoms with Gasteiger partial charge in [0.2, 0.25) is 0 Å². The number of benzene rings is 1. The van der Waals surface area contributed by atoms with Crippen LogP contribution in [0.1, 0.15) is 9.67 Å².